The summed E-state index contributed by atoms with van der Waals surface area (Å²) in [5.74, 6) is 0.570. The first-order valence-electron chi connectivity index (χ1n) is 5.07. The monoisotopic (exact) mass is 268 g/mol. The van der Waals surface area contributed by atoms with Gasteiger partial charge in [0.2, 0.25) is 11.0 Å². The molecule has 0 aliphatic carbocycles. The lowest BCUT2D eigenvalue weighted by molar-refractivity contribution is -0.115. The molecule has 17 heavy (non-hydrogen) atoms. The second-order valence-corrected chi connectivity index (χ2v) is 5.77. The fourth-order valence-corrected chi connectivity index (χ4v) is 2.83. The van der Waals surface area contributed by atoms with Crippen LogP contribution in [0.15, 0.2) is 0 Å². The second-order valence-electron chi connectivity index (χ2n) is 3.61. The van der Waals surface area contributed by atoms with Crippen molar-refractivity contribution in [1.29, 1.82) is 0 Å². The molecule has 0 aliphatic rings. The molecule has 0 aromatic carbocycles. The fourth-order valence-electron chi connectivity index (χ4n) is 1.40. The third-order valence-corrected chi connectivity index (χ3v) is 3.75. The molecular weight excluding hydrogens is 256 g/mol. The van der Waals surface area contributed by atoms with Crippen LogP contribution in [0.2, 0.25) is 0 Å². The maximum atomic E-state index is 11.7. The minimum atomic E-state index is -0.102. The van der Waals surface area contributed by atoms with E-state index >= 15 is 0 Å². The molecule has 0 spiro atoms. The van der Waals surface area contributed by atoms with Crippen molar-refractivity contribution in [3.63, 3.8) is 0 Å². The van der Waals surface area contributed by atoms with Crippen LogP contribution in [0.1, 0.15) is 21.4 Å². The number of thiazole rings is 1. The minimum absolute atomic E-state index is 0.102. The van der Waals surface area contributed by atoms with E-state index in [0.29, 0.717) is 11.0 Å². The van der Waals surface area contributed by atoms with Crippen LogP contribution in [0.3, 0.4) is 0 Å². The van der Waals surface area contributed by atoms with Crippen LogP contribution in [-0.2, 0) is 11.2 Å². The SMILES string of the molecule is Cc1nsc(NC(=O)Cc2nc(C)sc2C)n1. The van der Waals surface area contributed by atoms with Gasteiger partial charge in [0.05, 0.1) is 17.1 Å². The van der Waals surface area contributed by atoms with Gasteiger partial charge >= 0.3 is 0 Å². The van der Waals surface area contributed by atoms with Crippen LogP contribution in [0.4, 0.5) is 5.13 Å². The van der Waals surface area contributed by atoms with E-state index in [1.54, 1.807) is 18.3 Å². The van der Waals surface area contributed by atoms with E-state index in [9.17, 15) is 4.79 Å². The van der Waals surface area contributed by atoms with E-state index in [0.717, 1.165) is 15.6 Å². The third kappa shape index (κ3) is 3.07. The summed E-state index contributed by atoms with van der Waals surface area (Å²) in [4.78, 5) is 21.2. The Hall–Kier alpha value is -1.34. The molecule has 0 atom stereocenters. The lowest BCUT2D eigenvalue weighted by Gasteiger charge is -1.99. The van der Waals surface area contributed by atoms with Crippen molar-refractivity contribution < 1.29 is 4.79 Å². The molecule has 0 fully saturated rings. The first-order valence-corrected chi connectivity index (χ1v) is 6.66. The van der Waals surface area contributed by atoms with Crippen LogP contribution in [-0.4, -0.2) is 20.2 Å². The summed E-state index contributed by atoms with van der Waals surface area (Å²) < 4.78 is 4.00. The Balaban J connectivity index is 2.00. The van der Waals surface area contributed by atoms with Gasteiger partial charge in [-0.2, -0.15) is 4.37 Å². The molecule has 5 nitrogen and oxygen atoms in total. The Morgan fingerprint density at radius 3 is 2.59 bits per heavy atom. The Morgan fingerprint density at radius 2 is 2.06 bits per heavy atom. The van der Waals surface area contributed by atoms with E-state index in [1.165, 1.54) is 11.5 Å². The summed E-state index contributed by atoms with van der Waals surface area (Å²) in [6, 6.07) is 0. The molecule has 90 valence electrons. The highest BCUT2D eigenvalue weighted by molar-refractivity contribution is 7.11. The number of hydrogen-bond acceptors (Lipinski definition) is 6. The normalized spacial score (nSPS) is 10.5. The molecule has 0 radical (unpaired) electrons. The van der Waals surface area contributed by atoms with Crippen molar-refractivity contribution in [2.24, 2.45) is 0 Å². The van der Waals surface area contributed by atoms with Crippen molar-refractivity contribution in [2.45, 2.75) is 27.2 Å². The highest BCUT2D eigenvalue weighted by atomic mass is 32.1. The second kappa shape index (κ2) is 4.89. The molecule has 2 aromatic rings. The maximum absolute atomic E-state index is 11.7. The van der Waals surface area contributed by atoms with Gasteiger partial charge < -0.3 is 5.32 Å². The van der Waals surface area contributed by atoms with Gasteiger partial charge in [-0.25, -0.2) is 9.97 Å². The first kappa shape index (κ1) is 12.1. The molecule has 7 heteroatoms. The van der Waals surface area contributed by atoms with Crippen LogP contribution in [0.5, 0.6) is 0 Å². The number of aryl methyl sites for hydroxylation is 3. The van der Waals surface area contributed by atoms with Crippen molar-refractivity contribution >= 4 is 33.9 Å². The highest BCUT2D eigenvalue weighted by Gasteiger charge is 2.11. The molecule has 0 unspecified atom stereocenters. The van der Waals surface area contributed by atoms with Crippen LogP contribution < -0.4 is 5.32 Å². The molecule has 2 aromatic heterocycles. The Morgan fingerprint density at radius 1 is 1.29 bits per heavy atom. The molecule has 2 rings (SSSR count). The molecule has 0 saturated heterocycles. The quantitative estimate of drug-likeness (QED) is 0.925. The average Bonchev–Trinajstić information content (AvgIpc) is 2.74. The zero-order valence-electron chi connectivity index (χ0n) is 9.77. The summed E-state index contributed by atoms with van der Waals surface area (Å²) in [6.45, 7) is 5.70. The third-order valence-electron chi connectivity index (χ3n) is 2.10. The maximum Gasteiger partial charge on any atom is 0.232 e. The predicted molar refractivity (Wildman–Crippen MR) is 68.6 cm³/mol. The number of rotatable bonds is 3. The van der Waals surface area contributed by atoms with Crippen molar-refractivity contribution in [2.75, 3.05) is 5.32 Å². The van der Waals surface area contributed by atoms with Gasteiger partial charge in [-0.15, -0.1) is 11.3 Å². The Labute approximate surface area is 107 Å². The summed E-state index contributed by atoms with van der Waals surface area (Å²) >= 11 is 2.79. The van der Waals surface area contributed by atoms with Crippen molar-refractivity contribution in [3.8, 4) is 0 Å². The van der Waals surface area contributed by atoms with E-state index in [4.69, 9.17) is 0 Å². The molecule has 0 aliphatic heterocycles. The average molecular weight is 268 g/mol. The van der Waals surface area contributed by atoms with Gasteiger partial charge in [-0.05, 0) is 20.8 Å². The minimum Gasteiger partial charge on any atom is -0.300 e. The van der Waals surface area contributed by atoms with Gasteiger partial charge in [0.25, 0.3) is 0 Å². The number of aromatic nitrogens is 3. The molecule has 1 amide bonds. The zero-order valence-corrected chi connectivity index (χ0v) is 11.4. The van der Waals surface area contributed by atoms with Gasteiger partial charge in [0.15, 0.2) is 0 Å². The molecule has 0 saturated carbocycles. The lowest BCUT2D eigenvalue weighted by Crippen LogP contribution is -2.15. The summed E-state index contributed by atoms with van der Waals surface area (Å²) in [5, 5.41) is 4.24. The topological polar surface area (TPSA) is 67.8 Å². The molecule has 1 N–H and O–H groups in total. The van der Waals surface area contributed by atoms with Crippen molar-refractivity contribution in [1.82, 2.24) is 14.3 Å². The van der Waals surface area contributed by atoms with Gasteiger partial charge in [0.1, 0.15) is 5.82 Å². The number of nitrogens with zero attached hydrogens (tertiary/aromatic N) is 3. The number of nitrogens with one attached hydrogen (secondary N) is 1. The van der Waals surface area contributed by atoms with E-state index in [1.807, 2.05) is 13.8 Å². The molecule has 0 bridgehead atoms. The first-order chi connectivity index (χ1) is 8.04. The number of carbonyl (C=O) groups excluding carboxylic acids is 1. The van der Waals surface area contributed by atoms with Crippen LogP contribution in [0.25, 0.3) is 0 Å². The Bertz CT molecular complexity index is 546. The van der Waals surface area contributed by atoms with E-state index in [-0.39, 0.29) is 12.3 Å². The molecular formula is C10H12N4OS2. The van der Waals surface area contributed by atoms with Gasteiger partial charge in [-0.3, -0.25) is 4.79 Å². The smallest absolute Gasteiger partial charge is 0.232 e. The molecule has 2 heterocycles. The fraction of sp³-hybridized carbons (Fsp3) is 0.400. The van der Waals surface area contributed by atoms with Gasteiger partial charge in [-0.1, -0.05) is 0 Å². The standard InChI is InChI=1S/C10H12N4OS2/c1-5-8(12-7(3)16-5)4-9(15)13-10-11-6(2)14-17-10/h4H2,1-3H3,(H,11,13,14,15). The summed E-state index contributed by atoms with van der Waals surface area (Å²) in [5.41, 5.74) is 0.839. The van der Waals surface area contributed by atoms with Crippen LogP contribution in [0, 0.1) is 20.8 Å². The van der Waals surface area contributed by atoms with E-state index in [2.05, 4.69) is 19.7 Å². The predicted octanol–water partition coefficient (Wildman–Crippen LogP) is 2.10. The largest absolute Gasteiger partial charge is 0.300 e. The number of carbonyl (C=O) groups is 1. The summed E-state index contributed by atoms with van der Waals surface area (Å²) in [7, 11) is 0. The van der Waals surface area contributed by atoms with Gasteiger partial charge in [0, 0.05) is 16.4 Å². The lowest BCUT2D eigenvalue weighted by atomic mass is 10.3. The number of hydrogen-bond donors (Lipinski definition) is 1. The number of amides is 1. The Kier molecular flexibility index (Phi) is 3.49. The van der Waals surface area contributed by atoms with Crippen LogP contribution >= 0.6 is 22.9 Å². The zero-order chi connectivity index (χ0) is 12.4. The number of anilines is 1. The van der Waals surface area contributed by atoms with E-state index < -0.39 is 0 Å². The highest BCUT2D eigenvalue weighted by Crippen LogP contribution is 2.17. The van der Waals surface area contributed by atoms with Crippen molar-refractivity contribution in [3.05, 3.63) is 21.4 Å². The summed E-state index contributed by atoms with van der Waals surface area (Å²) in [6.07, 6.45) is 0.287.